The number of nitrogens with two attached hydrogens (primary N) is 1. The summed E-state index contributed by atoms with van der Waals surface area (Å²) in [5.74, 6) is -0.857. The molecule has 116 valence electrons. The first-order valence-electron chi connectivity index (χ1n) is 6.78. The minimum atomic E-state index is -0.826. The van der Waals surface area contributed by atoms with Crippen molar-refractivity contribution < 1.29 is 19.1 Å². The summed E-state index contributed by atoms with van der Waals surface area (Å²) in [7, 11) is 0. The molecule has 1 amide bonds. The van der Waals surface area contributed by atoms with Crippen molar-refractivity contribution in [2.75, 3.05) is 0 Å². The van der Waals surface area contributed by atoms with Gasteiger partial charge in [0.05, 0.1) is 0 Å². The molecule has 0 aliphatic rings. The molecular weight excluding hydrogens is 260 g/mol. The SMILES string of the molecule is CC(N)CCC(=O)NC(C(=O)OC(C)C=O)C(C)(C)C. The Morgan fingerprint density at radius 3 is 2.25 bits per heavy atom. The minimum absolute atomic E-state index is 0.0733. The molecule has 0 aliphatic heterocycles. The van der Waals surface area contributed by atoms with E-state index in [1.54, 1.807) is 0 Å². The second-order valence-corrected chi connectivity index (χ2v) is 6.16. The van der Waals surface area contributed by atoms with Gasteiger partial charge in [-0.1, -0.05) is 20.8 Å². The lowest BCUT2D eigenvalue weighted by Crippen LogP contribution is -2.50. The number of hydrogen-bond donors (Lipinski definition) is 2. The van der Waals surface area contributed by atoms with Gasteiger partial charge in [0.15, 0.2) is 12.4 Å². The predicted octanol–water partition coefficient (Wildman–Crippen LogP) is 0.775. The molecule has 0 aromatic carbocycles. The molecule has 0 saturated heterocycles. The van der Waals surface area contributed by atoms with Gasteiger partial charge in [-0.3, -0.25) is 9.59 Å². The summed E-state index contributed by atoms with van der Waals surface area (Å²) in [6.07, 6.45) is 0.506. The average Bonchev–Trinajstić information content (AvgIpc) is 2.31. The second-order valence-electron chi connectivity index (χ2n) is 6.16. The number of carbonyl (C=O) groups is 3. The average molecular weight is 286 g/mol. The fourth-order valence-corrected chi connectivity index (χ4v) is 1.50. The van der Waals surface area contributed by atoms with Crippen LogP contribution in [-0.2, 0) is 19.1 Å². The summed E-state index contributed by atoms with van der Waals surface area (Å²) in [5.41, 5.74) is 5.08. The summed E-state index contributed by atoms with van der Waals surface area (Å²) in [6, 6.07) is -0.874. The molecule has 20 heavy (non-hydrogen) atoms. The van der Waals surface area contributed by atoms with Gasteiger partial charge < -0.3 is 15.8 Å². The van der Waals surface area contributed by atoms with Crippen LogP contribution in [0.4, 0.5) is 0 Å². The van der Waals surface area contributed by atoms with Crippen molar-refractivity contribution in [3.05, 3.63) is 0 Å². The quantitative estimate of drug-likeness (QED) is 0.532. The van der Waals surface area contributed by atoms with Crippen LogP contribution in [0.15, 0.2) is 0 Å². The van der Waals surface area contributed by atoms with E-state index in [2.05, 4.69) is 5.32 Å². The molecule has 3 atom stereocenters. The van der Waals surface area contributed by atoms with Crippen molar-refractivity contribution >= 4 is 18.2 Å². The topological polar surface area (TPSA) is 98.5 Å². The Morgan fingerprint density at radius 1 is 1.30 bits per heavy atom. The van der Waals surface area contributed by atoms with E-state index in [0.29, 0.717) is 12.7 Å². The molecule has 0 radical (unpaired) electrons. The molecule has 0 aromatic rings. The maximum atomic E-state index is 12.0. The molecule has 0 aromatic heterocycles. The monoisotopic (exact) mass is 286 g/mol. The van der Waals surface area contributed by atoms with Crippen LogP contribution in [0.5, 0.6) is 0 Å². The van der Waals surface area contributed by atoms with Crippen molar-refractivity contribution in [3.8, 4) is 0 Å². The van der Waals surface area contributed by atoms with Crippen molar-refractivity contribution in [2.24, 2.45) is 11.1 Å². The smallest absolute Gasteiger partial charge is 0.329 e. The molecule has 3 unspecified atom stereocenters. The van der Waals surface area contributed by atoms with E-state index in [9.17, 15) is 14.4 Å². The van der Waals surface area contributed by atoms with Gasteiger partial charge in [-0.05, 0) is 25.7 Å². The largest absolute Gasteiger partial charge is 0.453 e. The van der Waals surface area contributed by atoms with Gasteiger partial charge >= 0.3 is 5.97 Å². The van der Waals surface area contributed by atoms with Crippen LogP contribution >= 0.6 is 0 Å². The number of hydrogen-bond acceptors (Lipinski definition) is 5. The summed E-state index contributed by atoms with van der Waals surface area (Å²) in [6.45, 7) is 8.74. The summed E-state index contributed by atoms with van der Waals surface area (Å²) in [4.78, 5) is 34.4. The molecule has 0 aliphatic carbocycles. The number of carbonyl (C=O) groups excluding carboxylic acids is 3. The van der Waals surface area contributed by atoms with E-state index < -0.39 is 23.5 Å². The summed E-state index contributed by atoms with van der Waals surface area (Å²) >= 11 is 0. The van der Waals surface area contributed by atoms with Crippen molar-refractivity contribution in [1.82, 2.24) is 5.32 Å². The number of esters is 1. The zero-order valence-corrected chi connectivity index (χ0v) is 12.9. The van der Waals surface area contributed by atoms with Crippen LogP contribution in [0.1, 0.15) is 47.5 Å². The van der Waals surface area contributed by atoms with Crippen LogP contribution in [0.3, 0.4) is 0 Å². The van der Waals surface area contributed by atoms with Crippen molar-refractivity contribution in [2.45, 2.75) is 65.6 Å². The number of nitrogens with one attached hydrogen (secondary N) is 1. The summed E-state index contributed by atoms with van der Waals surface area (Å²) in [5, 5.41) is 2.66. The first kappa shape index (κ1) is 18.6. The lowest BCUT2D eigenvalue weighted by Gasteiger charge is -2.30. The highest BCUT2D eigenvalue weighted by molar-refractivity contribution is 5.85. The lowest BCUT2D eigenvalue weighted by molar-refractivity contribution is -0.157. The Kier molecular flexibility index (Phi) is 7.42. The molecule has 0 heterocycles. The third kappa shape index (κ3) is 7.23. The lowest BCUT2D eigenvalue weighted by atomic mass is 9.86. The molecular formula is C14H26N2O4. The Hall–Kier alpha value is -1.43. The van der Waals surface area contributed by atoms with Crippen LogP contribution < -0.4 is 11.1 Å². The molecule has 0 rings (SSSR count). The molecule has 0 fully saturated rings. The Bertz CT molecular complexity index is 348. The highest BCUT2D eigenvalue weighted by Crippen LogP contribution is 2.21. The molecule has 6 nitrogen and oxygen atoms in total. The maximum absolute atomic E-state index is 12.0. The third-order valence-corrected chi connectivity index (χ3v) is 2.73. The number of rotatable bonds is 7. The van der Waals surface area contributed by atoms with Gasteiger partial charge in [0.25, 0.3) is 0 Å². The fraction of sp³-hybridized carbons (Fsp3) is 0.786. The van der Waals surface area contributed by atoms with E-state index in [4.69, 9.17) is 10.5 Å². The molecule has 0 spiro atoms. The maximum Gasteiger partial charge on any atom is 0.329 e. The zero-order chi connectivity index (χ0) is 15.9. The van der Waals surface area contributed by atoms with Gasteiger partial charge in [0.1, 0.15) is 6.04 Å². The number of amides is 1. The molecule has 6 heteroatoms. The Morgan fingerprint density at radius 2 is 1.85 bits per heavy atom. The van der Waals surface area contributed by atoms with Gasteiger partial charge in [-0.25, -0.2) is 4.79 Å². The third-order valence-electron chi connectivity index (χ3n) is 2.73. The first-order valence-corrected chi connectivity index (χ1v) is 6.78. The number of aldehydes is 1. The zero-order valence-electron chi connectivity index (χ0n) is 12.9. The van der Waals surface area contributed by atoms with Crippen molar-refractivity contribution in [3.63, 3.8) is 0 Å². The normalized spacial score (nSPS) is 15.9. The molecule has 0 bridgehead atoms. The number of ether oxygens (including phenoxy) is 1. The van der Waals surface area contributed by atoms with E-state index >= 15 is 0 Å². The van der Waals surface area contributed by atoms with E-state index in [0.717, 1.165) is 0 Å². The van der Waals surface area contributed by atoms with Crippen LogP contribution in [0.2, 0.25) is 0 Å². The van der Waals surface area contributed by atoms with Gasteiger partial charge in [0, 0.05) is 12.5 Å². The molecule has 0 saturated carbocycles. The van der Waals surface area contributed by atoms with E-state index in [1.807, 2.05) is 27.7 Å². The molecule has 3 N–H and O–H groups in total. The van der Waals surface area contributed by atoms with E-state index in [1.165, 1.54) is 6.92 Å². The van der Waals surface area contributed by atoms with Gasteiger partial charge in [-0.15, -0.1) is 0 Å². The highest BCUT2D eigenvalue weighted by Gasteiger charge is 2.34. The first-order chi connectivity index (χ1) is 9.07. The summed E-state index contributed by atoms with van der Waals surface area (Å²) < 4.78 is 4.97. The van der Waals surface area contributed by atoms with E-state index in [-0.39, 0.29) is 18.4 Å². The van der Waals surface area contributed by atoms with Gasteiger partial charge in [-0.2, -0.15) is 0 Å². The minimum Gasteiger partial charge on any atom is -0.453 e. The highest BCUT2D eigenvalue weighted by atomic mass is 16.5. The van der Waals surface area contributed by atoms with Crippen LogP contribution in [0, 0.1) is 5.41 Å². The predicted molar refractivity (Wildman–Crippen MR) is 75.9 cm³/mol. The standard InChI is InChI=1S/C14H26N2O4/c1-9(15)6-7-11(18)16-12(14(3,4)5)13(19)20-10(2)8-17/h8-10,12H,6-7,15H2,1-5H3,(H,16,18). The van der Waals surface area contributed by atoms with Crippen molar-refractivity contribution in [1.29, 1.82) is 0 Å². The fourth-order valence-electron chi connectivity index (χ4n) is 1.50. The Labute approximate surface area is 120 Å². The van der Waals surface area contributed by atoms with Gasteiger partial charge in [0.2, 0.25) is 5.91 Å². The Balaban J connectivity index is 4.70. The van der Waals surface area contributed by atoms with Crippen LogP contribution in [-0.4, -0.2) is 36.4 Å². The van der Waals surface area contributed by atoms with Crippen LogP contribution in [0.25, 0.3) is 0 Å². The second kappa shape index (κ2) is 7.99.